The Balaban J connectivity index is 1.49. The highest BCUT2D eigenvalue weighted by Crippen LogP contribution is 2.26. The Bertz CT molecular complexity index is 865. The van der Waals surface area contributed by atoms with Gasteiger partial charge in [0.1, 0.15) is 5.82 Å². The van der Waals surface area contributed by atoms with Crippen molar-refractivity contribution >= 4 is 57.1 Å². The van der Waals surface area contributed by atoms with E-state index in [1.807, 2.05) is 5.38 Å². The number of halogens is 1. The van der Waals surface area contributed by atoms with Crippen molar-refractivity contribution in [1.82, 2.24) is 10.2 Å². The first-order valence-corrected chi connectivity index (χ1v) is 9.65. The third-order valence-corrected chi connectivity index (χ3v) is 5.67. The van der Waals surface area contributed by atoms with E-state index < -0.39 is 0 Å². The summed E-state index contributed by atoms with van der Waals surface area (Å²) in [6.45, 7) is 0. The highest BCUT2D eigenvalue weighted by atomic mass is 32.2. The number of thiophene rings is 1. The number of thioether (sulfide) groups is 1. The van der Waals surface area contributed by atoms with Crippen molar-refractivity contribution in [3.8, 4) is 0 Å². The fraction of sp³-hybridized carbons (Fsp3) is 0.0667. The second-order valence-electron chi connectivity index (χ2n) is 4.65. The van der Waals surface area contributed by atoms with Crippen LogP contribution in [-0.2, 0) is 4.79 Å². The molecule has 2 heterocycles. The van der Waals surface area contributed by atoms with Gasteiger partial charge in [-0.2, -0.15) is 0 Å². The zero-order valence-corrected chi connectivity index (χ0v) is 15.0. The van der Waals surface area contributed by atoms with E-state index in [1.165, 1.54) is 58.7 Å². The molecule has 0 radical (unpaired) electrons. The monoisotopic (exact) mass is 394 g/mol. The molecule has 0 saturated heterocycles. The Kier molecular flexibility index (Phi) is 5.74. The van der Waals surface area contributed by atoms with E-state index >= 15 is 0 Å². The number of carbonyl (C=O) groups excluding carboxylic acids is 2. The predicted octanol–water partition coefficient (Wildman–Crippen LogP) is 3.72. The molecule has 128 valence electrons. The molecule has 0 saturated carbocycles. The fourth-order valence-corrected chi connectivity index (χ4v) is 3.91. The van der Waals surface area contributed by atoms with Gasteiger partial charge in [0.05, 0.1) is 10.6 Å². The van der Waals surface area contributed by atoms with E-state index in [9.17, 15) is 14.0 Å². The van der Waals surface area contributed by atoms with Crippen LogP contribution in [0.4, 0.5) is 15.2 Å². The Hall–Kier alpha value is -2.30. The minimum atomic E-state index is -0.363. The van der Waals surface area contributed by atoms with Crippen LogP contribution in [0.1, 0.15) is 9.67 Å². The average molecular weight is 394 g/mol. The molecule has 0 unspecified atom stereocenters. The van der Waals surface area contributed by atoms with Crippen molar-refractivity contribution in [3.63, 3.8) is 0 Å². The molecule has 3 rings (SSSR count). The SMILES string of the molecule is O=C(CSc1nnc(NC(=O)c2cccs2)s1)Nc1ccc(F)cc1. The number of anilines is 2. The average Bonchev–Trinajstić information content (AvgIpc) is 3.27. The molecule has 0 aliphatic carbocycles. The largest absolute Gasteiger partial charge is 0.325 e. The van der Waals surface area contributed by atoms with E-state index in [0.29, 0.717) is 20.0 Å². The second-order valence-corrected chi connectivity index (χ2v) is 7.80. The lowest BCUT2D eigenvalue weighted by Gasteiger charge is -2.03. The van der Waals surface area contributed by atoms with Crippen molar-refractivity contribution < 1.29 is 14.0 Å². The molecule has 0 aliphatic rings. The van der Waals surface area contributed by atoms with Crippen LogP contribution in [0.5, 0.6) is 0 Å². The van der Waals surface area contributed by atoms with E-state index in [0.717, 1.165) is 0 Å². The standard InChI is InChI=1S/C15H11FN4O2S3/c16-9-3-5-10(6-4-9)17-12(21)8-24-15-20-19-14(25-15)18-13(22)11-2-1-7-23-11/h1-7H,8H2,(H,17,21)(H,18,19,22). The van der Waals surface area contributed by atoms with Gasteiger partial charge >= 0.3 is 0 Å². The number of hydrogen-bond donors (Lipinski definition) is 2. The van der Waals surface area contributed by atoms with Crippen LogP contribution >= 0.6 is 34.4 Å². The molecule has 0 spiro atoms. The summed E-state index contributed by atoms with van der Waals surface area (Å²) in [5.41, 5.74) is 0.521. The van der Waals surface area contributed by atoms with Crippen molar-refractivity contribution in [2.45, 2.75) is 4.34 Å². The van der Waals surface area contributed by atoms with Gasteiger partial charge in [0.15, 0.2) is 4.34 Å². The predicted molar refractivity (Wildman–Crippen MR) is 97.9 cm³/mol. The van der Waals surface area contributed by atoms with Crippen molar-refractivity contribution in [2.24, 2.45) is 0 Å². The van der Waals surface area contributed by atoms with Crippen LogP contribution in [0, 0.1) is 5.82 Å². The summed E-state index contributed by atoms with van der Waals surface area (Å²) < 4.78 is 13.4. The summed E-state index contributed by atoms with van der Waals surface area (Å²) >= 11 is 3.73. The normalized spacial score (nSPS) is 10.4. The summed E-state index contributed by atoms with van der Waals surface area (Å²) in [5, 5.41) is 15.3. The maximum Gasteiger partial charge on any atom is 0.267 e. The number of nitrogens with zero attached hydrogens (tertiary/aromatic N) is 2. The van der Waals surface area contributed by atoms with Gasteiger partial charge in [-0.1, -0.05) is 29.2 Å². The Morgan fingerprint density at radius 2 is 1.92 bits per heavy atom. The maximum atomic E-state index is 12.8. The summed E-state index contributed by atoms with van der Waals surface area (Å²) in [7, 11) is 0. The van der Waals surface area contributed by atoms with Gasteiger partial charge in [0, 0.05) is 5.69 Å². The quantitative estimate of drug-likeness (QED) is 0.492. The number of benzene rings is 1. The Labute approximate surface area is 154 Å². The smallest absolute Gasteiger partial charge is 0.267 e. The van der Waals surface area contributed by atoms with E-state index in [1.54, 1.807) is 12.1 Å². The lowest BCUT2D eigenvalue weighted by Crippen LogP contribution is -2.13. The lowest BCUT2D eigenvalue weighted by atomic mass is 10.3. The number of amides is 2. The molecule has 6 nitrogen and oxygen atoms in total. The highest BCUT2D eigenvalue weighted by molar-refractivity contribution is 8.01. The third kappa shape index (κ3) is 5.08. The second kappa shape index (κ2) is 8.19. The van der Waals surface area contributed by atoms with Gasteiger partial charge in [-0.3, -0.25) is 14.9 Å². The summed E-state index contributed by atoms with van der Waals surface area (Å²) in [4.78, 5) is 24.4. The lowest BCUT2D eigenvalue weighted by molar-refractivity contribution is -0.113. The topological polar surface area (TPSA) is 84.0 Å². The maximum absolute atomic E-state index is 12.8. The number of carbonyl (C=O) groups is 2. The molecule has 25 heavy (non-hydrogen) atoms. The van der Waals surface area contributed by atoms with E-state index in [4.69, 9.17) is 0 Å². The van der Waals surface area contributed by atoms with Gasteiger partial charge in [-0.25, -0.2) is 4.39 Å². The molecule has 2 N–H and O–H groups in total. The van der Waals surface area contributed by atoms with E-state index in [2.05, 4.69) is 20.8 Å². The first-order chi connectivity index (χ1) is 12.1. The third-order valence-electron chi connectivity index (χ3n) is 2.83. The molecule has 2 amide bonds. The number of nitrogens with one attached hydrogen (secondary N) is 2. The number of hydrogen-bond acceptors (Lipinski definition) is 7. The molecule has 10 heteroatoms. The van der Waals surface area contributed by atoms with Gasteiger partial charge < -0.3 is 5.32 Å². The van der Waals surface area contributed by atoms with Crippen LogP contribution in [0.15, 0.2) is 46.1 Å². The molecule has 0 aliphatic heterocycles. The fourth-order valence-electron chi connectivity index (χ4n) is 1.74. The molecule has 0 atom stereocenters. The highest BCUT2D eigenvalue weighted by Gasteiger charge is 2.12. The molecule has 0 fully saturated rings. The zero-order valence-electron chi connectivity index (χ0n) is 12.6. The van der Waals surface area contributed by atoms with Gasteiger partial charge in [-0.15, -0.1) is 21.5 Å². The Morgan fingerprint density at radius 3 is 2.64 bits per heavy atom. The Morgan fingerprint density at radius 1 is 1.12 bits per heavy atom. The molecule has 3 aromatic rings. The molecule has 2 aromatic heterocycles. The summed E-state index contributed by atoms with van der Waals surface area (Å²) in [6.07, 6.45) is 0. The first-order valence-electron chi connectivity index (χ1n) is 6.97. The van der Waals surface area contributed by atoms with Gasteiger partial charge in [0.2, 0.25) is 11.0 Å². The van der Waals surface area contributed by atoms with Crippen LogP contribution in [0.25, 0.3) is 0 Å². The van der Waals surface area contributed by atoms with Crippen molar-refractivity contribution in [1.29, 1.82) is 0 Å². The van der Waals surface area contributed by atoms with Crippen LogP contribution in [-0.4, -0.2) is 27.8 Å². The zero-order chi connectivity index (χ0) is 17.6. The number of aromatic nitrogens is 2. The summed E-state index contributed by atoms with van der Waals surface area (Å²) in [6, 6.07) is 9.03. The van der Waals surface area contributed by atoms with Crippen molar-refractivity contribution in [2.75, 3.05) is 16.4 Å². The minimum absolute atomic E-state index is 0.130. The van der Waals surface area contributed by atoms with Crippen LogP contribution in [0.3, 0.4) is 0 Å². The minimum Gasteiger partial charge on any atom is -0.325 e. The first kappa shape index (κ1) is 17.5. The molecular formula is C15H11FN4O2S3. The number of rotatable bonds is 6. The molecule has 1 aromatic carbocycles. The van der Waals surface area contributed by atoms with Crippen molar-refractivity contribution in [3.05, 3.63) is 52.5 Å². The summed E-state index contributed by atoms with van der Waals surface area (Å²) in [5.74, 6) is -0.712. The van der Waals surface area contributed by atoms with Crippen LogP contribution in [0.2, 0.25) is 0 Å². The van der Waals surface area contributed by atoms with Gasteiger partial charge in [0.25, 0.3) is 5.91 Å². The van der Waals surface area contributed by atoms with Crippen LogP contribution < -0.4 is 10.6 Å². The molecule has 0 bridgehead atoms. The molecular weight excluding hydrogens is 383 g/mol. The van der Waals surface area contributed by atoms with Gasteiger partial charge in [-0.05, 0) is 35.7 Å². The van der Waals surface area contributed by atoms with E-state index in [-0.39, 0.29) is 23.4 Å².